The number of fused-ring (bicyclic) bond motifs is 4. The summed E-state index contributed by atoms with van der Waals surface area (Å²) in [4.78, 5) is 12.9. The number of hydrogen-bond acceptors (Lipinski definition) is 2. The summed E-state index contributed by atoms with van der Waals surface area (Å²) in [5.41, 5.74) is 3.46. The SMILES string of the molecule is COC1CCC2=C(C1)C[C@@H](C)C1C2[C@@H](C)C[C@]2(C)C(=O)[C@H](C)CC12. The second-order valence-corrected chi connectivity index (χ2v) is 9.72. The summed E-state index contributed by atoms with van der Waals surface area (Å²) in [6.07, 6.45) is 7.51. The highest BCUT2D eigenvalue weighted by Crippen LogP contribution is 2.63. The van der Waals surface area contributed by atoms with Crippen molar-refractivity contribution in [2.24, 2.45) is 40.9 Å². The van der Waals surface area contributed by atoms with Gasteiger partial charge < -0.3 is 4.74 Å². The van der Waals surface area contributed by atoms with Gasteiger partial charge in [-0.15, -0.1) is 0 Å². The quantitative estimate of drug-likeness (QED) is 0.631. The van der Waals surface area contributed by atoms with E-state index in [-0.39, 0.29) is 11.3 Å². The molecule has 8 atom stereocenters. The van der Waals surface area contributed by atoms with Gasteiger partial charge in [0.1, 0.15) is 5.78 Å². The van der Waals surface area contributed by atoms with E-state index < -0.39 is 0 Å². The largest absolute Gasteiger partial charge is 0.381 e. The van der Waals surface area contributed by atoms with Crippen molar-refractivity contribution in [3.8, 4) is 0 Å². The molecule has 0 spiro atoms. The highest BCUT2D eigenvalue weighted by atomic mass is 16.5. The second-order valence-electron chi connectivity index (χ2n) is 9.72. The van der Waals surface area contributed by atoms with Gasteiger partial charge in [-0.3, -0.25) is 4.79 Å². The van der Waals surface area contributed by atoms with Crippen LogP contribution in [0.2, 0.25) is 0 Å². The fourth-order valence-corrected chi connectivity index (χ4v) is 7.42. The number of hydrogen-bond donors (Lipinski definition) is 0. The number of methoxy groups -OCH3 is 1. The average Bonchev–Trinajstić information content (AvgIpc) is 2.77. The van der Waals surface area contributed by atoms with E-state index >= 15 is 0 Å². The standard InChI is InChI=1S/C22H34O2/c1-12-8-15-10-16(24-5)6-7-17(15)19-14(3)11-22(4)18(20(12)19)9-13(2)21(22)23/h12-14,16,18-20H,6-11H2,1-5H3/t12-,13-,14+,16?,18?,19?,20?,22+/m1/s1. The van der Waals surface area contributed by atoms with E-state index in [1.54, 1.807) is 11.1 Å². The Labute approximate surface area is 147 Å². The third kappa shape index (κ3) is 2.21. The lowest BCUT2D eigenvalue weighted by Crippen LogP contribution is -2.50. The molecule has 0 N–H and O–H groups in total. The van der Waals surface area contributed by atoms with Gasteiger partial charge in [0.2, 0.25) is 0 Å². The molecule has 0 heterocycles. The molecule has 0 saturated heterocycles. The number of rotatable bonds is 1. The van der Waals surface area contributed by atoms with E-state index in [4.69, 9.17) is 4.74 Å². The fourth-order valence-electron chi connectivity index (χ4n) is 7.42. The Balaban J connectivity index is 1.72. The van der Waals surface area contributed by atoms with Crippen LogP contribution >= 0.6 is 0 Å². The molecular formula is C22H34O2. The van der Waals surface area contributed by atoms with Gasteiger partial charge in [0.25, 0.3) is 0 Å². The number of ether oxygens (including phenoxy) is 1. The van der Waals surface area contributed by atoms with Crippen molar-refractivity contribution in [2.45, 2.75) is 72.3 Å². The number of ketones is 1. The molecule has 2 saturated carbocycles. The summed E-state index contributed by atoms with van der Waals surface area (Å²) >= 11 is 0. The number of Topliss-reactive ketones (excluding diaryl/α,β-unsaturated/α-hetero) is 1. The summed E-state index contributed by atoms with van der Waals surface area (Å²) in [7, 11) is 1.87. The van der Waals surface area contributed by atoms with Crippen LogP contribution in [0.25, 0.3) is 0 Å². The molecule has 4 aliphatic carbocycles. The van der Waals surface area contributed by atoms with Crippen molar-refractivity contribution in [3.05, 3.63) is 11.1 Å². The second kappa shape index (κ2) is 5.69. The first-order chi connectivity index (χ1) is 11.4. The number of carbonyl (C=O) groups is 1. The van der Waals surface area contributed by atoms with Crippen molar-refractivity contribution in [3.63, 3.8) is 0 Å². The van der Waals surface area contributed by atoms with Gasteiger partial charge in [-0.1, -0.05) is 38.8 Å². The first-order valence-electron chi connectivity index (χ1n) is 10.1. The van der Waals surface area contributed by atoms with Gasteiger partial charge in [-0.25, -0.2) is 0 Å². The molecular weight excluding hydrogens is 296 g/mol. The van der Waals surface area contributed by atoms with Gasteiger partial charge in [-0.2, -0.15) is 0 Å². The third-order valence-electron chi connectivity index (χ3n) is 8.30. The van der Waals surface area contributed by atoms with Gasteiger partial charge in [0, 0.05) is 18.4 Å². The van der Waals surface area contributed by atoms with Gasteiger partial charge in [0.15, 0.2) is 0 Å². The molecule has 0 aliphatic heterocycles. The van der Waals surface area contributed by atoms with Gasteiger partial charge >= 0.3 is 0 Å². The van der Waals surface area contributed by atoms with Crippen molar-refractivity contribution in [1.29, 1.82) is 0 Å². The minimum absolute atomic E-state index is 0.0456. The Morgan fingerprint density at radius 3 is 2.58 bits per heavy atom. The molecule has 4 rings (SSSR count). The monoisotopic (exact) mass is 330 g/mol. The molecule has 0 aromatic heterocycles. The zero-order chi connectivity index (χ0) is 17.2. The lowest BCUT2D eigenvalue weighted by Gasteiger charge is -2.55. The highest BCUT2D eigenvalue weighted by Gasteiger charge is 2.60. The molecule has 0 aromatic carbocycles. The predicted molar refractivity (Wildman–Crippen MR) is 96.6 cm³/mol. The Kier molecular flexibility index (Phi) is 3.99. The van der Waals surface area contributed by atoms with E-state index in [2.05, 4.69) is 27.7 Å². The maximum absolute atomic E-state index is 12.9. The Morgan fingerprint density at radius 2 is 1.88 bits per heavy atom. The normalized spacial score (nSPS) is 51.2. The summed E-state index contributed by atoms with van der Waals surface area (Å²) in [6, 6.07) is 0. The molecule has 4 unspecified atom stereocenters. The number of carbonyl (C=O) groups excluding carboxylic acids is 1. The van der Waals surface area contributed by atoms with E-state index in [0.717, 1.165) is 37.0 Å². The lowest BCUT2D eigenvalue weighted by atomic mass is 9.49. The molecule has 0 amide bonds. The topological polar surface area (TPSA) is 26.3 Å². The average molecular weight is 331 g/mol. The molecule has 0 bridgehead atoms. The third-order valence-corrected chi connectivity index (χ3v) is 8.30. The number of allylic oxidation sites excluding steroid dienone is 1. The summed E-state index contributed by atoms with van der Waals surface area (Å²) < 4.78 is 5.67. The molecule has 4 aliphatic rings. The highest BCUT2D eigenvalue weighted by molar-refractivity contribution is 5.89. The minimum Gasteiger partial charge on any atom is -0.381 e. The van der Waals surface area contributed by atoms with Crippen LogP contribution in [-0.4, -0.2) is 19.0 Å². The molecule has 0 radical (unpaired) electrons. The first-order valence-corrected chi connectivity index (χ1v) is 10.1. The van der Waals surface area contributed by atoms with Crippen LogP contribution in [0.4, 0.5) is 0 Å². The van der Waals surface area contributed by atoms with Crippen LogP contribution in [-0.2, 0) is 9.53 Å². The smallest absolute Gasteiger partial charge is 0.141 e. The van der Waals surface area contributed by atoms with E-state index in [9.17, 15) is 4.79 Å². The Hall–Kier alpha value is -0.630. The van der Waals surface area contributed by atoms with Gasteiger partial charge in [-0.05, 0) is 68.1 Å². The van der Waals surface area contributed by atoms with E-state index in [0.29, 0.717) is 23.7 Å². The van der Waals surface area contributed by atoms with Crippen molar-refractivity contribution >= 4 is 5.78 Å². The fraction of sp³-hybridized carbons (Fsp3) is 0.864. The minimum atomic E-state index is -0.0456. The molecule has 24 heavy (non-hydrogen) atoms. The van der Waals surface area contributed by atoms with Crippen LogP contribution in [0.3, 0.4) is 0 Å². The summed E-state index contributed by atoms with van der Waals surface area (Å²) in [5, 5.41) is 0. The molecule has 134 valence electrons. The van der Waals surface area contributed by atoms with Crippen LogP contribution in [0.5, 0.6) is 0 Å². The van der Waals surface area contributed by atoms with Crippen LogP contribution < -0.4 is 0 Å². The maximum Gasteiger partial charge on any atom is 0.141 e. The molecule has 2 fully saturated rings. The lowest BCUT2D eigenvalue weighted by molar-refractivity contribution is -0.134. The summed E-state index contributed by atoms with van der Waals surface area (Å²) in [6.45, 7) is 9.37. The van der Waals surface area contributed by atoms with Crippen molar-refractivity contribution < 1.29 is 9.53 Å². The van der Waals surface area contributed by atoms with Crippen LogP contribution in [0, 0.1) is 40.9 Å². The van der Waals surface area contributed by atoms with Crippen molar-refractivity contribution in [2.75, 3.05) is 7.11 Å². The Morgan fingerprint density at radius 1 is 1.12 bits per heavy atom. The molecule has 2 heteroatoms. The predicted octanol–water partition coefficient (Wildman–Crippen LogP) is 5.03. The first kappa shape index (κ1) is 16.8. The van der Waals surface area contributed by atoms with Crippen LogP contribution in [0.1, 0.15) is 66.2 Å². The zero-order valence-electron chi connectivity index (χ0n) is 16.1. The van der Waals surface area contributed by atoms with Gasteiger partial charge in [0.05, 0.1) is 6.10 Å². The van der Waals surface area contributed by atoms with E-state index in [1.807, 2.05) is 7.11 Å². The molecule has 2 nitrogen and oxygen atoms in total. The maximum atomic E-state index is 12.9. The van der Waals surface area contributed by atoms with Crippen LogP contribution in [0.15, 0.2) is 11.1 Å². The van der Waals surface area contributed by atoms with E-state index in [1.165, 1.54) is 19.3 Å². The Bertz CT molecular complexity index is 577. The zero-order valence-corrected chi connectivity index (χ0v) is 16.1. The van der Waals surface area contributed by atoms with Crippen molar-refractivity contribution in [1.82, 2.24) is 0 Å². The molecule has 0 aromatic rings. The summed E-state index contributed by atoms with van der Waals surface area (Å²) in [5.74, 6) is 4.28.